The Morgan fingerprint density at radius 3 is 2.93 bits per heavy atom. The van der Waals surface area contributed by atoms with E-state index in [0.29, 0.717) is 55.1 Å². The summed E-state index contributed by atoms with van der Waals surface area (Å²) in [6.45, 7) is 2.34. The number of hydrogen-bond acceptors (Lipinski definition) is 6. The van der Waals surface area contributed by atoms with Gasteiger partial charge in [0.15, 0.2) is 0 Å². The summed E-state index contributed by atoms with van der Waals surface area (Å²) >= 11 is 10.1. The Morgan fingerprint density at radius 2 is 2.13 bits per heavy atom. The number of nitrogens with zero attached hydrogens (tertiary/aromatic N) is 3. The summed E-state index contributed by atoms with van der Waals surface area (Å²) in [5.41, 5.74) is 2.28. The standard InChI is InChI=1S/C21H21BrClN3O4/c1-25-18-11-19(30-9-8-28-2)16(23)10-13(18)20(24-21(25)27)26-6-7-29-12-14-15(22)4-3-5-17(14)26/h3-5,10-11H,6-9,12H2,1-2H3. The third kappa shape index (κ3) is 3.92. The van der Waals surface area contributed by atoms with Crippen LogP contribution in [0.4, 0.5) is 11.5 Å². The zero-order valence-corrected chi connectivity index (χ0v) is 19.0. The maximum atomic E-state index is 12.7. The summed E-state index contributed by atoms with van der Waals surface area (Å²) in [4.78, 5) is 19.1. The smallest absolute Gasteiger partial charge is 0.349 e. The normalized spacial score (nSPS) is 13.9. The molecule has 4 rings (SSSR count). The van der Waals surface area contributed by atoms with E-state index < -0.39 is 0 Å². The van der Waals surface area contributed by atoms with E-state index in [9.17, 15) is 4.79 Å². The van der Waals surface area contributed by atoms with Crippen LogP contribution in [0.2, 0.25) is 5.02 Å². The molecular weight excluding hydrogens is 474 g/mol. The summed E-state index contributed by atoms with van der Waals surface area (Å²) in [6.07, 6.45) is 0. The topological polar surface area (TPSA) is 65.8 Å². The van der Waals surface area contributed by atoms with E-state index in [4.69, 9.17) is 25.8 Å². The second-order valence-electron chi connectivity index (χ2n) is 6.86. The van der Waals surface area contributed by atoms with Gasteiger partial charge in [0, 0.05) is 47.9 Å². The molecule has 1 aromatic heterocycles. The van der Waals surface area contributed by atoms with E-state index >= 15 is 0 Å². The van der Waals surface area contributed by atoms with Crippen molar-refractivity contribution in [3.05, 3.63) is 55.9 Å². The molecule has 2 aromatic carbocycles. The zero-order chi connectivity index (χ0) is 21.3. The van der Waals surface area contributed by atoms with Crippen LogP contribution in [0.15, 0.2) is 39.6 Å². The lowest BCUT2D eigenvalue weighted by Crippen LogP contribution is -2.28. The average molecular weight is 495 g/mol. The SMILES string of the molecule is COCCOc1cc2c(cc1Cl)c(N1CCOCc3c(Br)cccc31)nc(=O)n2C. The molecular formula is C21H21BrClN3O4. The number of hydrogen-bond donors (Lipinski definition) is 0. The van der Waals surface area contributed by atoms with Crippen LogP contribution in [0, 0.1) is 0 Å². The quantitative estimate of drug-likeness (QED) is 0.499. The van der Waals surface area contributed by atoms with Crippen LogP contribution >= 0.6 is 27.5 Å². The molecule has 0 N–H and O–H groups in total. The number of anilines is 2. The molecule has 0 unspecified atom stereocenters. The molecule has 3 aromatic rings. The Kier molecular flexibility index (Phi) is 6.29. The Morgan fingerprint density at radius 1 is 1.30 bits per heavy atom. The van der Waals surface area contributed by atoms with Gasteiger partial charge in [0.25, 0.3) is 0 Å². The maximum Gasteiger partial charge on any atom is 0.349 e. The van der Waals surface area contributed by atoms with Crippen LogP contribution in [-0.2, 0) is 23.1 Å². The lowest BCUT2D eigenvalue weighted by atomic mass is 10.1. The highest BCUT2D eigenvalue weighted by atomic mass is 79.9. The number of aromatic nitrogens is 2. The molecule has 2 heterocycles. The van der Waals surface area contributed by atoms with Crippen molar-refractivity contribution in [1.82, 2.24) is 9.55 Å². The number of fused-ring (bicyclic) bond motifs is 2. The Labute approximate surface area is 187 Å². The van der Waals surface area contributed by atoms with Crippen LogP contribution in [0.25, 0.3) is 10.9 Å². The molecule has 0 saturated carbocycles. The van der Waals surface area contributed by atoms with Gasteiger partial charge in [-0.3, -0.25) is 4.57 Å². The second-order valence-corrected chi connectivity index (χ2v) is 8.12. The summed E-state index contributed by atoms with van der Waals surface area (Å²) in [5.74, 6) is 1.04. The molecule has 0 atom stereocenters. The largest absolute Gasteiger partial charge is 0.490 e. The third-order valence-corrected chi connectivity index (χ3v) is 6.07. The van der Waals surface area contributed by atoms with Crippen LogP contribution in [0.3, 0.4) is 0 Å². The molecule has 0 spiro atoms. The lowest BCUT2D eigenvalue weighted by molar-refractivity contribution is 0.133. The van der Waals surface area contributed by atoms with Gasteiger partial charge < -0.3 is 19.1 Å². The first-order valence-electron chi connectivity index (χ1n) is 9.46. The average Bonchev–Trinajstić information content (AvgIpc) is 2.95. The van der Waals surface area contributed by atoms with E-state index in [1.54, 1.807) is 26.3 Å². The van der Waals surface area contributed by atoms with Gasteiger partial charge in [-0.15, -0.1) is 0 Å². The van der Waals surface area contributed by atoms with Gasteiger partial charge in [-0.25, -0.2) is 4.79 Å². The first kappa shape index (κ1) is 21.1. The van der Waals surface area contributed by atoms with E-state index in [0.717, 1.165) is 21.1 Å². The number of aryl methyl sites for hydroxylation is 1. The molecule has 0 amide bonds. The van der Waals surface area contributed by atoms with E-state index in [1.165, 1.54) is 4.57 Å². The van der Waals surface area contributed by atoms with Crippen molar-refractivity contribution >= 4 is 49.9 Å². The number of benzene rings is 2. The van der Waals surface area contributed by atoms with Gasteiger partial charge in [0.1, 0.15) is 18.2 Å². The van der Waals surface area contributed by atoms with Gasteiger partial charge in [-0.05, 0) is 18.2 Å². The maximum absolute atomic E-state index is 12.7. The fourth-order valence-corrected chi connectivity index (χ4v) is 4.18. The van der Waals surface area contributed by atoms with Crippen molar-refractivity contribution in [2.45, 2.75) is 6.61 Å². The Bertz CT molecular complexity index is 1150. The summed E-state index contributed by atoms with van der Waals surface area (Å²) in [7, 11) is 3.29. The van der Waals surface area contributed by atoms with Gasteiger partial charge >= 0.3 is 5.69 Å². The van der Waals surface area contributed by atoms with E-state index in [-0.39, 0.29) is 5.69 Å². The minimum absolute atomic E-state index is 0.357. The van der Waals surface area contributed by atoms with Crippen LogP contribution in [0.1, 0.15) is 5.56 Å². The summed E-state index contributed by atoms with van der Waals surface area (Å²) in [6, 6.07) is 9.50. The molecule has 1 aliphatic rings. The predicted octanol–water partition coefficient (Wildman–Crippen LogP) is 4.04. The first-order valence-corrected chi connectivity index (χ1v) is 10.6. The lowest BCUT2D eigenvalue weighted by Gasteiger charge is -2.25. The van der Waals surface area contributed by atoms with Crippen molar-refractivity contribution in [2.24, 2.45) is 7.05 Å². The third-order valence-electron chi connectivity index (χ3n) is 5.03. The molecule has 1 aliphatic heterocycles. The van der Waals surface area contributed by atoms with Crippen LogP contribution < -0.4 is 15.3 Å². The number of halogens is 2. The molecule has 0 radical (unpaired) electrons. The molecule has 0 bridgehead atoms. The second kappa shape index (κ2) is 8.93. The van der Waals surface area contributed by atoms with E-state index in [2.05, 4.69) is 20.9 Å². The molecule has 30 heavy (non-hydrogen) atoms. The molecule has 0 saturated heterocycles. The van der Waals surface area contributed by atoms with Crippen molar-refractivity contribution in [3.8, 4) is 5.75 Å². The predicted molar refractivity (Wildman–Crippen MR) is 120 cm³/mol. The highest BCUT2D eigenvalue weighted by molar-refractivity contribution is 9.10. The molecule has 7 nitrogen and oxygen atoms in total. The van der Waals surface area contributed by atoms with Gasteiger partial charge in [-0.2, -0.15) is 4.98 Å². The fourth-order valence-electron chi connectivity index (χ4n) is 3.49. The van der Waals surface area contributed by atoms with Gasteiger partial charge in [-0.1, -0.05) is 33.6 Å². The number of ether oxygens (including phenoxy) is 3. The fraction of sp³-hybridized carbons (Fsp3) is 0.333. The van der Waals surface area contributed by atoms with Gasteiger partial charge in [0.05, 0.1) is 30.4 Å². The Balaban J connectivity index is 1.90. The van der Waals surface area contributed by atoms with E-state index in [1.807, 2.05) is 23.1 Å². The molecule has 0 fully saturated rings. The highest BCUT2D eigenvalue weighted by Gasteiger charge is 2.23. The molecule has 0 aliphatic carbocycles. The van der Waals surface area contributed by atoms with Crippen molar-refractivity contribution in [3.63, 3.8) is 0 Å². The summed E-state index contributed by atoms with van der Waals surface area (Å²) < 4.78 is 19.0. The highest BCUT2D eigenvalue weighted by Crippen LogP contribution is 2.38. The Hall–Kier alpha value is -2.13. The summed E-state index contributed by atoms with van der Waals surface area (Å²) in [5, 5.41) is 1.20. The minimum Gasteiger partial charge on any atom is -0.490 e. The monoisotopic (exact) mass is 493 g/mol. The zero-order valence-electron chi connectivity index (χ0n) is 16.7. The van der Waals surface area contributed by atoms with Crippen molar-refractivity contribution in [2.75, 3.05) is 38.4 Å². The minimum atomic E-state index is -0.357. The van der Waals surface area contributed by atoms with Crippen LogP contribution in [0.5, 0.6) is 5.75 Å². The molecule has 9 heteroatoms. The number of methoxy groups -OCH3 is 1. The number of rotatable bonds is 5. The van der Waals surface area contributed by atoms with Crippen molar-refractivity contribution in [1.29, 1.82) is 0 Å². The first-order chi connectivity index (χ1) is 14.5. The molecule has 158 valence electrons. The van der Waals surface area contributed by atoms with Crippen LogP contribution in [-0.4, -0.2) is 43.0 Å². The van der Waals surface area contributed by atoms with Crippen molar-refractivity contribution < 1.29 is 14.2 Å². The van der Waals surface area contributed by atoms with Gasteiger partial charge in [0.2, 0.25) is 0 Å².